The van der Waals surface area contributed by atoms with Gasteiger partial charge in [-0.05, 0) is 36.2 Å². The second kappa shape index (κ2) is 6.09. The summed E-state index contributed by atoms with van der Waals surface area (Å²) in [6, 6.07) is 15.7. The summed E-state index contributed by atoms with van der Waals surface area (Å²) in [5.41, 5.74) is 1.35. The molecule has 0 saturated carbocycles. The summed E-state index contributed by atoms with van der Waals surface area (Å²) in [7, 11) is 0. The summed E-state index contributed by atoms with van der Waals surface area (Å²) in [6.07, 6.45) is -1.71. The summed E-state index contributed by atoms with van der Waals surface area (Å²) >= 11 is 0. The Morgan fingerprint density at radius 2 is 1.81 bits per heavy atom. The SMILES string of the molecule is CC(F)(F)Oc1ccc(-n2nc3n(c2=O)[C@H](c2ccccc2)CC3)cc1. The number of hydrogen-bond donors (Lipinski definition) is 0. The Bertz CT molecular complexity index is 973. The fourth-order valence-electron chi connectivity index (χ4n) is 3.32. The van der Waals surface area contributed by atoms with Gasteiger partial charge in [-0.2, -0.15) is 13.5 Å². The molecule has 26 heavy (non-hydrogen) atoms. The van der Waals surface area contributed by atoms with Gasteiger partial charge in [0.1, 0.15) is 11.6 Å². The minimum Gasteiger partial charge on any atom is -0.433 e. The molecule has 0 unspecified atom stereocenters. The van der Waals surface area contributed by atoms with Crippen LogP contribution in [0.5, 0.6) is 5.75 Å². The zero-order valence-corrected chi connectivity index (χ0v) is 14.1. The van der Waals surface area contributed by atoms with Crippen LogP contribution in [0.25, 0.3) is 5.69 Å². The molecule has 0 aliphatic carbocycles. The van der Waals surface area contributed by atoms with E-state index >= 15 is 0 Å². The Hall–Kier alpha value is -2.96. The lowest BCUT2D eigenvalue weighted by atomic mass is 10.1. The molecule has 2 aromatic carbocycles. The molecule has 0 radical (unpaired) electrons. The predicted molar refractivity (Wildman–Crippen MR) is 92.0 cm³/mol. The van der Waals surface area contributed by atoms with E-state index < -0.39 is 6.11 Å². The maximum absolute atomic E-state index is 12.9. The highest BCUT2D eigenvalue weighted by Gasteiger charge is 2.29. The Kier molecular flexibility index (Phi) is 3.86. The van der Waals surface area contributed by atoms with Crippen LogP contribution >= 0.6 is 0 Å². The minimum absolute atomic E-state index is 0.0308. The lowest BCUT2D eigenvalue weighted by molar-refractivity contribution is -0.158. The molecule has 0 N–H and O–H groups in total. The van der Waals surface area contributed by atoms with Crippen molar-refractivity contribution in [2.75, 3.05) is 0 Å². The van der Waals surface area contributed by atoms with Crippen molar-refractivity contribution >= 4 is 0 Å². The second-order valence-electron chi connectivity index (χ2n) is 6.35. The first-order valence-electron chi connectivity index (χ1n) is 8.35. The van der Waals surface area contributed by atoms with E-state index in [-0.39, 0.29) is 17.5 Å². The highest BCUT2D eigenvalue weighted by molar-refractivity contribution is 5.37. The van der Waals surface area contributed by atoms with Crippen LogP contribution in [0.1, 0.15) is 30.8 Å². The fourth-order valence-corrected chi connectivity index (χ4v) is 3.32. The number of rotatable bonds is 4. The number of aromatic nitrogens is 3. The van der Waals surface area contributed by atoms with Crippen LogP contribution in [0.2, 0.25) is 0 Å². The third-order valence-electron chi connectivity index (χ3n) is 4.40. The normalized spacial score (nSPS) is 16.5. The van der Waals surface area contributed by atoms with Gasteiger partial charge in [0.05, 0.1) is 11.7 Å². The Balaban J connectivity index is 1.67. The van der Waals surface area contributed by atoms with E-state index in [2.05, 4.69) is 9.84 Å². The molecule has 134 valence electrons. The molecule has 0 fully saturated rings. The van der Waals surface area contributed by atoms with Crippen molar-refractivity contribution in [1.82, 2.24) is 14.3 Å². The molecular weight excluding hydrogens is 340 g/mol. The molecule has 1 aromatic heterocycles. The van der Waals surface area contributed by atoms with Crippen molar-refractivity contribution in [2.24, 2.45) is 0 Å². The Morgan fingerprint density at radius 3 is 2.46 bits per heavy atom. The molecule has 0 spiro atoms. The molecule has 1 atom stereocenters. The summed E-state index contributed by atoms with van der Waals surface area (Å²) in [5, 5.41) is 4.42. The second-order valence-corrected chi connectivity index (χ2v) is 6.35. The zero-order chi connectivity index (χ0) is 18.3. The molecule has 2 heterocycles. The van der Waals surface area contributed by atoms with Gasteiger partial charge in [-0.3, -0.25) is 4.57 Å². The molecule has 7 heteroatoms. The van der Waals surface area contributed by atoms with Crippen molar-refractivity contribution in [3.63, 3.8) is 0 Å². The summed E-state index contributed by atoms with van der Waals surface area (Å²) in [5.74, 6) is 0.757. The van der Waals surface area contributed by atoms with E-state index in [0.29, 0.717) is 19.0 Å². The molecule has 0 bridgehead atoms. The van der Waals surface area contributed by atoms with Crippen molar-refractivity contribution in [2.45, 2.75) is 31.9 Å². The van der Waals surface area contributed by atoms with Crippen LogP contribution in [0.3, 0.4) is 0 Å². The van der Waals surface area contributed by atoms with Gasteiger partial charge in [0.15, 0.2) is 0 Å². The first-order chi connectivity index (χ1) is 12.4. The number of alkyl halides is 2. The van der Waals surface area contributed by atoms with Crippen LogP contribution < -0.4 is 10.4 Å². The van der Waals surface area contributed by atoms with E-state index in [0.717, 1.165) is 17.8 Å². The van der Waals surface area contributed by atoms with E-state index in [1.54, 1.807) is 16.7 Å². The van der Waals surface area contributed by atoms with E-state index in [1.807, 2.05) is 30.3 Å². The van der Waals surface area contributed by atoms with Gasteiger partial charge in [-0.1, -0.05) is 30.3 Å². The number of aryl methyl sites for hydroxylation is 1. The average molecular weight is 357 g/mol. The fraction of sp³-hybridized carbons (Fsp3) is 0.263. The number of hydrogen-bond acceptors (Lipinski definition) is 3. The van der Waals surface area contributed by atoms with Crippen LogP contribution in [0, 0.1) is 0 Å². The first-order valence-corrected chi connectivity index (χ1v) is 8.35. The average Bonchev–Trinajstić information content (AvgIpc) is 3.16. The maximum Gasteiger partial charge on any atom is 0.394 e. The molecule has 4 rings (SSSR count). The van der Waals surface area contributed by atoms with Gasteiger partial charge in [-0.25, -0.2) is 4.79 Å². The highest BCUT2D eigenvalue weighted by atomic mass is 19.3. The lowest BCUT2D eigenvalue weighted by Crippen LogP contribution is -2.26. The highest BCUT2D eigenvalue weighted by Crippen LogP contribution is 2.29. The minimum atomic E-state index is -3.25. The van der Waals surface area contributed by atoms with Crippen LogP contribution in [0.15, 0.2) is 59.4 Å². The van der Waals surface area contributed by atoms with Crippen molar-refractivity contribution in [3.05, 3.63) is 76.5 Å². The van der Waals surface area contributed by atoms with Crippen LogP contribution in [-0.2, 0) is 6.42 Å². The predicted octanol–water partition coefficient (Wildman–Crippen LogP) is 3.56. The van der Waals surface area contributed by atoms with E-state index in [1.165, 1.54) is 16.8 Å². The zero-order valence-electron chi connectivity index (χ0n) is 14.1. The Labute approximate surface area is 148 Å². The van der Waals surface area contributed by atoms with E-state index in [4.69, 9.17) is 0 Å². The van der Waals surface area contributed by atoms with Crippen molar-refractivity contribution < 1.29 is 13.5 Å². The summed E-state index contributed by atoms with van der Waals surface area (Å²) < 4.78 is 33.4. The monoisotopic (exact) mass is 357 g/mol. The number of ether oxygens (including phenoxy) is 1. The quantitative estimate of drug-likeness (QED) is 0.717. The molecular formula is C19H17F2N3O2. The van der Waals surface area contributed by atoms with Crippen LogP contribution in [-0.4, -0.2) is 20.5 Å². The third-order valence-corrected chi connectivity index (χ3v) is 4.40. The van der Waals surface area contributed by atoms with Crippen molar-refractivity contribution in [1.29, 1.82) is 0 Å². The van der Waals surface area contributed by atoms with Gasteiger partial charge in [0, 0.05) is 13.3 Å². The molecule has 1 aliphatic heterocycles. The summed E-state index contributed by atoms with van der Waals surface area (Å²) in [6.45, 7) is 0.676. The molecule has 0 amide bonds. The van der Waals surface area contributed by atoms with Gasteiger partial charge in [-0.15, -0.1) is 5.10 Å². The van der Waals surface area contributed by atoms with Gasteiger partial charge in [0.2, 0.25) is 0 Å². The summed E-state index contributed by atoms with van der Waals surface area (Å²) in [4.78, 5) is 12.9. The lowest BCUT2D eigenvalue weighted by Gasteiger charge is -2.13. The van der Waals surface area contributed by atoms with Crippen molar-refractivity contribution in [3.8, 4) is 11.4 Å². The topological polar surface area (TPSA) is 49.0 Å². The number of nitrogens with zero attached hydrogens (tertiary/aromatic N) is 3. The molecule has 1 aliphatic rings. The van der Waals surface area contributed by atoms with Gasteiger partial charge in [0.25, 0.3) is 0 Å². The first kappa shape index (κ1) is 16.5. The molecule has 3 aromatic rings. The number of benzene rings is 2. The standard InChI is InChI=1S/C19H17F2N3O2/c1-19(20,21)26-15-9-7-14(8-10-15)24-18(25)23-16(11-12-17(23)22-24)13-5-3-2-4-6-13/h2-10,16H,11-12H2,1H3/t16-/m0/s1. The third kappa shape index (κ3) is 3.00. The molecule has 5 nitrogen and oxygen atoms in total. The number of halogens is 2. The van der Waals surface area contributed by atoms with Crippen LogP contribution in [0.4, 0.5) is 8.78 Å². The van der Waals surface area contributed by atoms with E-state index in [9.17, 15) is 13.6 Å². The smallest absolute Gasteiger partial charge is 0.394 e. The number of fused-ring (bicyclic) bond motifs is 1. The van der Waals surface area contributed by atoms with Gasteiger partial charge < -0.3 is 4.74 Å². The Morgan fingerprint density at radius 1 is 1.12 bits per heavy atom. The largest absolute Gasteiger partial charge is 0.433 e. The van der Waals surface area contributed by atoms with Gasteiger partial charge >= 0.3 is 11.8 Å². The molecule has 0 saturated heterocycles. The maximum atomic E-state index is 12.9.